The largest absolute Gasteiger partial charge is 0.312 e. The SMILES string of the molecule is Fc1cnc(Br)cc1CNCCc1cccs1. The van der Waals surface area contributed by atoms with Gasteiger partial charge in [0.2, 0.25) is 0 Å². The van der Waals surface area contributed by atoms with E-state index in [1.807, 2.05) is 6.07 Å². The third-order valence-corrected chi connectivity index (χ3v) is 3.71. The van der Waals surface area contributed by atoms with E-state index in [0.29, 0.717) is 16.7 Å². The smallest absolute Gasteiger partial charge is 0.146 e. The summed E-state index contributed by atoms with van der Waals surface area (Å²) in [5.74, 6) is -0.267. The lowest BCUT2D eigenvalue weighted by atomic mass is 10.2. The summed E-state index contributed by atoms with van der Waals surface area (Å²) in [6, 6.07) is 5.85. The Kier molecular flexibility index (Phi) is 4.65. The minimum Gasteiger partial charge on any atom is -0.312 e. The maximum absolute atomic E-state index is 13.3. The fourth-order valence-corrected chi connectivity index (χ4v) is 2.56. The molecule has 0 saturated heterocycles. The van der Waals surface area contributed by atoms with Crippen molar-refractivity contribution in [2.45, 2.75) is 13.0 Å². The molecule has 0 fully saturated rings. The Bertz CT molecular complexity index is 473. The Morgan fingerprint density at radius 1 is 1.47 bits per heavy atom. The lowest BCUT2D eigenvalue weighted by molar-refractivity contribution is 0.582. The number of hydrogen-bond donors (Lipinski definition) is 1. The fraction of sp³-hybridized carbons (Fsp3) is 0.250. The highest BCUT2D eigenvalue weighted by Gasteiger charge is 2.03. The Balaban J connectivity index is 1.80. The normalized spacial score (nSPS) is 10.7. The molecule has 0 aliphatic carbocycles. The van der Waals surface area contributed by atoms with Gasteiger partial charge in [-0.3, -0.25) is 0 Å². The summed E-state index contributed by atoms with van der Waals surface area (Å²) in [4.78, 5) is 5.17. The number of thiophene rings is 1. The van der Waals surface area contributed by atoms with E-state index in [2.05, 4.69) is 37.7 Å². The van der Waals surface area contributed by atoms with Gasteiger partial charge in [-0.25, -0.2) is 9.37 Å². The number of rotatable bonds is 5. The molecule has 0 aromatic carbocycles. The van der Waals surface area contributed by atoms with Crippen molar-refractivity contribution in [3.05, 3.63) is 50.6 Å². The Hall–Kier alpha value is -0.780. The second kappa shape index (κ2) is 6.23. The molecule has 0 atom stereocenters. The molecule has 2 aromatic rings. The van der Waals surface area contributed by atoms with Crippen LogP contribution in [0.5, 0.6) is 0 Å². The number of nitrogens with zero attached hydrogens (tertiary/aromatic N) is 1. The predicted molar refractivity (Wildman–Crippen MR) is 71.6 cm³/mol. The fourth-order valence-electron chi connectivity index (χ4n) is 1.48. The molecule has 0 aliphatic rings. The summed E-state index contributed by atoms with van der Waals surface area (Å²) in [6.07, 6.45) is 2.21. The van der Waals surface area contributed by atoms with E-state index in [9.17, 15) is 4.39 Å². The van der Waals surface area contributed by atoms with E-state index in [4.69, 9.17) is 0 Å². The minimum atomic E-state index is -0.267. The molecule has 0 bridgehead atoms. The van der Waals surface area contributed by atoms with E-state index in [-0.39, 0.29) is 5.82 Å². The van der Waals surface area contributed by atoms with Crippen molar-refractivity contribution in [1.82, 2.24) is 10.3 Å². The molecular weight excluding hydrogens is 303 g/mol. The van der Waals surface area contributed by atoms with Crippen molar-refractivity contribution in [2.75, 3.05) is 6.54 Å². The second-order valence-corrected chi connectivity index (χ2v) is 5.45. The molecule has 2 heterocycles. The zero-order valence-electron chi connectivity index (χ0n) is 9.12. The van der Waals surface area contributed by atoms with Gasteiger partial charge in [-0.05, 0) is 39.9 Å². The first-order valence-electron chi connectivity index (χ1n) is 5.29. The minimum absolute atomic E-state index is 0.267. The van der Waals surface area contributed by atoms with Gasteiger partial charge in [0.05, 0.1) is 6.20 Å². The highest BCUT2D eigenvalue weighted by molar-refractivity contribution is 9.10. The molecule has 0 radical (unpaired) electrons. The van der Waals surface area contributed by atoms with Crippen LogP contribution in [-0.4, -0.2) is 11.5 Å². The highest BCUT2D eigenvalue weighted by atomic mass is 79.9. The number of hydrogen-bond acceptors (Lipinski definition) is 3. The molecule has 2 nitrogen and oxygen atoms in total. The Morgan fingerprint density at radius 3 is 3.12 bits per heavy atom. The maximum Gasteiger partial charge on any atom is 0.146 e. The third kappa shape index (κ3) is 3.87. The molecule has 5 heteroatoms. The molecule has 90 valence electrons. The monoisotopic (exact) mass is 314 g/mol. The van der Waals surface area contributed by atoms with Gasteiger partial charge in [0.25, 0.3) is 0 Å². The van der Waals surface area contributed by atoms with Crippen LogP contribution < -0.4 is 5.32 Å². The predicted octanol–water partition coefficient (Wildman–Crippen LogP) is 3.38. The van der Waals surface area contributed by atoms with Gasteiger partial charge in [-0.2, -0.15) is 0 Å². The quantitative estimate of drug-likeness (QED) is 0.676. The molecule has 2 rings (SSSR count). The summed E-state index contributed by atoms with van der Waals surface area (Å²) < 4.78 is 14.0. The van der Waals surface area contributed by atoms with Gasteiger partial charge in [0.1, 0.15) is 10.4 Å². The van der Waals surface area contributed by atoms with Crippen LogP contribution in [0.2, 0.25) is 0 Å². The highest BCUT2D eigenvalue weighted by Crippen LogP contribution is 2.12. The molecule has 0 amide bonds. The van der Waals surface area contributed by atoms with Crippen molar-refractivity contribution in [2.24, 2.45) is 0 Å². The summed E-state index contributed by atoms with van der Waals surface area (Å²) in [5, 5.41) is 5.29. The van der Waals surface area contributed by atoms with E-state index in [0.717, 1.165) is 13.0 Å². The zero-order valence-corrected chi connectivity index (χ0v) is 11.5. The average Bonchev–Trinajstić information content (AvgIpc) is 2.82. The van der Waals surface area contributed by atoms with Gasteiger partial charge in [-0.1, -0.05) is 6.07 Å². The van der Waals surface area contributed by atoms with Crippen molar-refractivity contribution >= 4 is 27.3 Å². The van der Waals surface area contributed by atoms with Crippen molar-refractivity contribution < 1.29 is 4.39 Å². The van der Waals surface area contributed by atoms with Crippen LogP contribution in [0.15, 0.2) is 34.4 Å². The first-order valence-corrected chi connectivity index (χ1v) is 6.96. The molecule has 0 aliphatic heterocycles. The topological polar surface area (TPSA) is 24.9 Å². The molecule has 0 saturated carbocycles. The Morgan fingerprint density at radius 2 is 2.35 bits per heavy atom. The molecule has 2 aromatic heterocycles. The van der Waals surface area contributed by atoms with Crippen molar-refractivity contribution in [3.63, 3.8) is 0 Å². The van der Waals surface area contributed by atoms with Crippen LogP contribution in [0.3, 0.4) is 0 Å². The van der Waals surface area contributed by atoms with Crippen molar-refractivity contribution in [1.29, 1.82) is 0 Å². The summed E-state index contributed by atoms with van der Waals surface area (Å²) in [6.45, 7) is 1.37. The average molecular weight is 315 g/mol. The van der Waals surface area contributed by atoms with Crippen LogP contribution >= 0.6 is 27.3 Å². The van der Waals surface area contributed by atoms with Crippen LogP contribution in [0.1, 0.15) is 10.4 Å². The van der Waals surface area contributed by atoms with Crippen LogP contribution in [0.25, 0.3) is 0 Å². The van der Waals surface area contributed by atoms with Crippen molar-refractivity contribution in [3.8, 4) is 0 Å². The third-order valence-electron chi connectivity index (χ3n) is 2.35. The number of pyridine rings is 1. The van der Waals surface area contributed by atoms with Gasteiger partial charge >= 0.3 is 0 Å². The van der Waals surface area contributed by atoms with E-state index in [1.165, 1.54) is 11.1 Å². The molecule has 0 spiro atoms. The molecule has 0 unspecified atom stereocenters. The van der Waals surface area contributed by atoms with Crippen LogP contribution in [0, 0.1) is 5.82 Å². The summed E-state index contributed by atoms with van der Waals surface area (Å²) in [5.41, 5.74) is 0.637. The summed E-state index contributed by atoms with van der Waals surface area (Å²) >= 11 is 4.98. The standard InChI is InChI=1S/C12H12BrFN2S/c13-12-6-9(11(14)8-16-12)7-15-4-3-10-2-1-5-17-10/h1-2,5-6,8,15H,3-4,7H2. The molecule has 17 heavy (non-hydrogen) atoms. The van der Waals surface area contributed by atoms with Gasteiger partial charge in [0, 0.05) is 23.5 Å². The Labute approximate surface area is 112 Å². The lowest BCUT2D eigenvalue weighted by Gasteiger charge is -2.05. The van der Waals surface area contributed by atoms with E-state index >= 15 is 0 Å². The maximum atomic E-state index is 13.3. The van der Waals surface area contributed by atoms with E-state index < -0.39 is 0 Å². The number of halogens is 2. The van der Waals surface area contributed by atoms with Gasteiger partial charge in [0.15, 0.2) is 0 Å². The second-order valence-electron chi connectivity index (χ2n) is 3.60. The summed E-state index contributed by atoms with van der Waals surface area (Å²) in [7, 11) is 0. The lowest BCUT2D eigenvalue weighted by Crippen LogP contribution is -2.17. The van der Waals surface area contributed by atoms with E-state index in [1.54, 1.807) is 17.4 Å². The molecular formula is C12H12BrFN2S. The van der Waals surface area contributed by atoms with Crippen LogP contribution in [0.4, 0.5) is 4.39 Å². The zero-order chi connectivity index (χ0) is 12.1. The first-order chi connectivity index (χ1) is 8.25. The van der Waals surface area contributed by atoms with Gasteiger partial charge < -0.3 is 5.32 Å². The first kappa shape index (κ1) is 12.7. The van der Waals surface area contributed by atoms with Crippen LogP contribution in [-0.2, 0) is 13.0 Å². The number of nitrogens with one attached hydrogen (secondary N) is 1. The molecule has 1 N–H and O–H groups in total. The number of aromatic nitrogens is 1. The van der Waals surface area contributed by atoms with Gasteiger partial charge in [-0.15, -0.1) is 11.3 Å².